The van der Waals surface area contributed by atoms with Crippen LogP contribution in [0, 0.1) is 23.2 Å². The van der Waals surface area contributed by atoms with Crippen LogP contribution in [-0.2, 0) is 0 Å². The first-order chi connectivity index (χ1) is 15.6. The van der Waals surface area contributed by atoms with Crippen molar-refractivity contribution in [2.75, 3.05) is 0 Å². The third-order valence-electron chi connectivity index (χ3n) is 9.09. The Morgan fingerprint density at radius 1 is 1.15 bits per heavy atom. The van der Waals surface area contributed by atoms with E-state index >= 15 is 0 Å². The van der Waals surface area contributed by atoms with Crippen LogP contribution in [-0.4, -0.2) is 33.1 Å². The lowest BCUT2D eigenvalue weighted by molar-refractivity contribution is 0.0827. The Kier molecular flexibility index (Phi) is 8.64. The lowest BCUT2D eigenvalue weighted by atomic mass is 9.61. The number of allylic oxidation sites excluding steroid dienone is 6. The molecule has 3 aliphatic carbocycles. The molecule has 3 fully saturated rings. The van der Waals surface area contributed by atoms with Gasteiger partial charge in [-0.25, -0.2) is 0 Å². The molecule has 3 nitrogen and oxygen atoms in total. The summed E-state index contributed by atoms with van der Waals surface area (Å²) in [6.07, 6.45) is 20.3. The SMILES string of the molecule is C=C1/C(=C\C=C2\CCCC3(C)C2CCC3C(C)/C=C/C=C/C(O)(CC)CC)CC(O)CC1O. The van der Waals surface area contributed by atoms with Crippen LogP contribution in [0.3, 0.4) is 0 Å². The second-order valence-electron chi connectivity index (χ2n) is 11.1. The summed E-state index contributed by atoms with van der Waals surface area (Å²) < 4.78 is 0. The van der Waals surface area contributed by atoms with Gasteiger partial charge in [-0.3, -0.25) is 0 Å². The van der Waals surface area contributed by atoms with Crippen LogP contribution < -0.4 is 0 Å². The summed E-state index contributed by atoms with van der Waals surface area (Å²) in [5, 5.41) is 30.7. The second kappa shape index (κ2) is 10.9. The van der Waals surface area contributed by atoms with Crippen LogP contribution in [0.2, 0.25) is 0 Å². The van der Waals surface area contributed by atoms with Crippen LogP contribution in [0.25, 0.3) is 0 Å². The van der Waals surface area contributed by atoms with E-state index in [4.69, 9.17) is 0 Å². The highest BCUT2D eigenvalue weighted by atomic mass is 16.3. The van der Waals surface area contributed by atoms with E-state index in [2.05, 4.69) is 44.7 Å². The van der Waals surface area contributed by atoms with Gasteiger partial charge in [0.1, 0.15) is 0 Å². The van der Waals surface area contributed by atoms with Crippen molar-refractivity contribution in [3.05, 3.63) is 59.8 Å². The van der Waals surface area contributed by atoms with Gasteiger partial charge in [-0.15, -0.1) is 0 Å². The van der Waals surface area contributed by atoms with Gasteiger partial charge in [0.05, 0.1) is 17.8 Å². The standard InChI is InChI=1S/C30H46O3/c1-6-30(33,7-2)18-9-8-11-21(3)26-15-16-27-23(12-10-17-29(26,27)5)13-14-24-19-25(31)20-28(32)22(24)4/h8-9,11,13-14,18,21,25-28,31-33H,4,6-7,10,12,15-17,19-20H2,1-3,5H3/b11-8+,18-9+,23-13-,24-14-. The number of hydrogen-bond donors (Lipinski definition) is 3. The molecule has 0 bridgehead atoms. The van der Waals surface area contributed by atoms with Gasteiger partial charge in [0.15, 0.2) is 0 Å². The molecule has 33 heavy (non-hydrogen) atoms. The monoisotopic (exact) mass is 454 g/mol. The summed E-state index contributed by atoms with van der Waals surface area (Å²) in [6, 6.07) is 0. The smallest absolute Gasteiger partial charge is 0.0825 e. The number of rotatable bonds is 7. The van der Waals surface area contributed by atoms with Crippen molar-refractivity contribution >= 4 is 0 Å². The van der Waals surface area contributed by atoms with E-state index in [0.29, 0.717) is 36.0 Å². The summed E-state index contributed by atoms with van der Waals surface area (Å²) in [5.74, 6) is 1.77. The molecule has 3 heteroatoms. The fourth-order valence-electron chi connectivity index (χ4n) is 6.70. The topological polar surface area (TPSA) is 60.7 Å². The Balaban J connectivity index is 1.72. The zero-order valence-electron chi connectivity index (χ0n) is 21.3. The van der Waals surface area contributed by atoms with E-state index in [9.17, 15) is 15.3 Å². The molecule has 6 unspecified atom stereocenters. The predicted molar refractivity (Wildman–Crippen MR) is 138 cm³/mol. The molecule has 0 radical (unpaired) electrons. The molecule has 0 heterocycles. The lowest BCUT2D eigenvalue weighted by Gasteiger charge is -2.44. The third kappa shape index (κ3) is 5.81. The van der Waals surface area contributed by atoms with Crippen molar-refractivity contribution in [2.45, 2.75) is 103 Å². The largest absolute Gasteiger partial charge is 0.393 e. The average molecular weight is 455 g/mol. The molecule has 0 amide bonds. The van der Waals surface area contributed by atoms with E-state index < -0.39 is 17.8 Å². The summed E-state index contributed by atoms with van der Waals surface area (Å²) in [6.45, 7) is 13.0. The minimum Gasteiger partial charge on any atom is -0.393 e. The summed E-state index contributed by atoms with van der Waals surface area (Å²) in [5.41, 5.74) is 2.92. The first kappa shape index (κ1) is 26.2. The fourth-order valence-corrected chi connectivity index (χ4v) is 6.70. The van der Waals surface area contributed by atoms with Crippen molar-refractivity contribution < 1.29 is 15.3 Å². The molecule has 6 atom stereocenters. The molecule has 184 valence electrons. The van der Waals surface area contributed by atoms with Gasteiger partial charge in [-0.05, 0) is 85.7 Å². The highest BCUT2D eigenvalue weighted by Crippen LogP contribution is 2.59. The average Bonchev–Trinajstić information content (AvgIpc) is 3.15. The van der Waals surface area contributed by atoms with Gasteiger partial charge in [0.2, 0.25) is 0 Å². The van der Waals surface area contributed by atoms with Crippen molar-refractivity contribution in [3.63, 3.8) is 0 Å². The lowest BCUT2D eigenvalue weighted by Crippen LogP contribution is -2.35. The van der Waals surface area contributed by atoms with Gasteiger partial charge in [0, 0.05) is 6.42 Å². The van der Waals surface area contributed by atoms with Crippen molar-refractivity contribution in [1.29, 1.82) is 0 Å². The van der Waals surface area contributed by atoms with E-state index in [1.807, 2.05) is 26.0 Å². The van der Waals surface area contributed by atoms with Gasteiger partial charge in [-0.2, -0.15) is 0 Å². The molecular formula is C30H46O3. The van der Waals surface area contributed by atoms with Gasteiger partial charge in [-0.1, -0.05) is 76.3 Å². The maximum Gasteiger partial charge on any atom is 0.0825 e. The maximum absolute atomic E-state index is 10.5. The Bertz CT molecular complexity index is 812. The van der Waals surface area contributed by atoms with Gasteiger partial charge >= 0.3 is 0 Å². The van der Waals surface area contributed by atoms with Crippen LogP contribution in [0.4, 0.5) is 0 Å². The number of aliphatic hydroxyl groups is 3. The van der Waals surface area contributed by atoms with Gasteiger partial charge < -0.3 is 15.3 Å². The minimum atomic E-state index is -0.689. The van der Waals surface area contributed by atoms with Crippen LogP contribution in [0.5, 0.6) is 0 Å². The van der Waals surface area contributed by atoms with Crippen LogP contribution in [0.15, 0.2) is 59.8 Å². The van der Waals surface area contributed by atoms with Crippen molar-refractivity contribution in [2.24, 2.45) is 23.2 Å². The maximum atomic E-state index is 10.5. The summed E-state index contributed by atoms with van der Waals surface area (Å²) in [7, 11) is 0. The first-order valence-electron chi connectivity index (χ1n) is 13.2. The zero-order valence-corrected chi connectivity index (χ0v) is 21.3. The molecule has 3 N–H and O–H groups in total. The minimum absolute atomic E-state index is 0.312. The molecule has 0 aromatic heterocycles. The molecule has 0 saturated heterocycles. The molecule has 3 saturated carbocycles. The Morgan fingerprint density at radius 3 is 2.58 bits per heavy atom. The first-order valence-corrected chi connectivity index (χ1v) is 13.2. The molecule has 0 aromatic carbocycles. The highest BCUT2D eigenvalue weighted by molar-refractivity contribution is 5.38. The van der Waals surface area contributed by atoms with Crippen molar-refractivity contribution in [3.8, 4) is 0 Å². The van der Waals surface area contributed by atoms with E-state index in [0.717, 1.165) is 30.4 Å². The Morgan fingerprint density at radius 2 is 1.88 bits per heavy atom. The Labute approximate surface area is 201 Å². The highest BCUT2D eigenvalue weighted by Gasteiger charge is 2.50. The molecular weight excluding hydrogens is 408 g/mol. The quantitative estimate of drug-likeness (QED) is 0.389. The summed E-state index contributed by atoms with van der Waals surface area (Å²) >= 11 is 0. The molecule has 0 aromatic rings. The molecule has 0 aliphatic heterocycles. The van der Waals surface area contributed by atoms with E-state index in [1.165, 1.54) is 31.3 Å². The number of aliphatic hydroxyl groups excluding tert-OH is 2. The molecule has 3 rings (SSSR count). The fraction of sp³-hybridized carbons (Fsp3) is 0.667. The number of fused-ring (bicyclic) bond motifs is 1. The normalized spacial score (nSPS) is 36.9. The van der Waals surface area contributed by atoms with E-state index in [-0.39, 0.29) is 0 Å². The third-order valence-corrected chi connectivity index (χ3v) is 9.09. The number of hydrogen-bond acceptors (Lipinski definition) is 3. The van der Waals surface area contributed by atoms with E-state index in [1.54, 1.807) is 0 Å². The molecule has 3 aliphatic rings. The van der Waals surface area contributed by atoms with Gasteiger partial charge in [0.25, 0.3) is 0 Å². The Hall–Kier alpha value is -1.42. The van der Waals surface area contributed by atoms with Crippen LogP contribution in [0.1, 0.15) is 85.5 Å². The second-order valence-corrected chi connectivity index (χ2v) is 11.1. The van der Waals surface area contributed by atoms with Crippen molar-refractivity contribution in [1.82, 2.24) is 0 Å². The zero-order chi connectivity index (χ0) is 24.2. The van der Waals surface area contributed by atoms with Crippen LogP contribution >= 0.6 is 0 Å². The summed E-state index contributed by atoms with van der Waals surface area (Å²) in [4.78, 5) is 0. The predicted octanol–water partition coefficient (Wildman–Crippen LogP) is 6.43. The molecule has 0 spiro atoms.